The van der Waals surface area contributed by atoms with Gasteiger partial charge in [-0.25, -0.2) is 0 Å². The van der Waals surface area contributed by atoms with Crippen molar-refractivity contribution in [3.63, 3.8) is 0 Å². The van der Waals surface area contributed by atoms with Gasteiger partial charge in [-0.3, -0.25) is 0 Å². The fourth-order valence-corrected chi connectivity index (χ4v) is 3.33. The molecule has 1 saturated heterocycles. The molecule has 3 heteroatoms. The SMILES string of the molecule is CNC(CN1CCC(C(C)C)C1)c1cc2ccccc2o1. The average Bonchev–Trinajstić information content (AvgIpc) is 3.11. The molecule has 1 fully saturated rings. The number of likely N-dealkylation sites (tertiary alicyclic amines) is 1. The standard InChI is InChI=1S/C18H26N2O/c1-13(2)15-8-9-20(11-15)12-16(19-3)18-10-14-6-4-5-7-17(14)21-18/h4-7,10,13,15-16,19H,8-9,11-12H2,1-3H3. The highest BCUT2D eigenvalue weighted by atomic mass is 16.3. The van der Waals surface area contributed by atoms with Gasteiger partial charge in [-0.05, 0) is 44.0 Å². The van der Waals surface area contributed by atoms with Crippen LogP contribution in [0.25, 0.3) is 11.0 Å². The first-order valence-electron chi connectivity index (χ1n) is 8.05. The van der Waals surface area contributed by atoms with Gasteiger partial charge in [0.1, 0.15) is 11.3 Å². The van der Waals surface area contributed by atoms with Crippen molar-refractivity contribution in [2.75, 3.05) is 26.7 Å². The fourth-order valence-electron chi connectivity index (χ4n) is 3.33. The molecule has 2 heterocycles. The highest BCUT2D eigenvalue weighted by Crippen LogP contribution is 2.28. The molecule has 0 amide bonds. The number of benzene rings is 1. The van der Waals surface area contributed by atoms with E-state index in [0.717, 1.165) is 29.7 Å². The maximum absolute atomic E-state index is 6.02. The van der Waals surface area contributed by atoms with Gasteiger partial charge in [-0.15, -0.1) is 0 Å². The molecule has 21 heavy (non-hydrogen) atoms. The lowest BCUT2D eigenvalue weighted by Crippen LogP contribution is -2.32. The minimum Gasteiger partial charge on any atom is -0.459 e. The topological polar surface area (TPSA) is 28.4 Å². The molecule has 3 rings (SSSR count). The summed E-state index contributed by atoms with van der Waals surface area (Å²) in [5.41, 5.74) is 0.981. The summed E-state index contributed by atoms with van der Waals surface area (Å²) in [7, 11) is 2.02. The van der Waals surface area contributed by atoms with Gasteiger partial charge in [0.15, 0.2) is 0 Å². The van der Waals surface area contributed by atoms with Crippen LogP contribution in [0.4, 0.5) is 0 Å². The molecule has 1 aliphatic heterocycles. The van der Waals surface area contributed by atoms with E-state index in [4.69, 9.17) is 4.42 Å². The van der Waals surface area contributed by atoms with Crippen LogP contribution >= 0.6 is 0 Å². The number of rotatable bonds is 5. The quantitative estimate of drug-likeness (QED) is 0.909. The van der Waals surface area contributed by atoms with Crippen LogP contribution in [0.2, 0.25) is 0 Å². The van der Waals surface area contributed by atoms with E-state index in [1.807, 2.05) is 19.2 Å². The molecule has 0 spiro atoms. The van der Waals surface area contributed by atoms with Gasteiger partial charge in [0.2, 0.25) is 0 Å². The van der Waals surface area contributed by atoms with Crippen LogP contribution in [0.3, 0.4) is 0 Å². The predicted molar refractivity (Wildman–Crippen MR) is 87.4 cm³/mol. The summed E-state index contributed by atoms with van der Waals surface area (Å²) in [6.45, 7) is 8.13. The number of hydrogen-bond donors (Lipinski definition) is 1. The van der Waals surface area contributed by atoms with Crippen LogP contribution in [0.15, 0.2) is 34.7 Å². The monoisotopic (exact) mass is 286 g/mol. The normalized spacial score (nSPS) is 21.4. The summed E-state index contributed by atoms with van der Waals surface area (Å²) >= 11 is 0. The molecule has 1 aromatic carbocycles. The zero-order valence-corrected chi connectivity index (χ0v) is 13.3. The number of nitrogens with one attached hydrogen (secondary N) is 1. The lowest BCUT2D eigenvalue weighted by Gasteiger charge is -2.22. The molecule has 1 aliphatic rings. The lowest BCUT2D eigenvalue weighted by atomic mass is 9.95. The number of furan rings is 1. The number of hydrogen-bond acceptors (Lipinski definition) is 3. The Balaban J connectivity index is 1.70. The van der Waals surface area contributed by atoms with Crippen LogP contribution in [0.1, 0.15) is 32.1 Å². The zero-order valence-electron chi connectivity index (χ0n) is 13.3. The van der Waals surface area contributed by atoms with Crippen LogP contribution in [0.5, 0.6) is 0 Å². The van der Waals surface area contributed by atoms with Crippen molar-refractivity contribution in [2.45, 2.75) is 26.3 Å². The summed E-state index contributed by atoms with van der Waals surface area (Å²) in [5.74, 6) is 2.68. The lowest BCUT2D eigenvalue weighted by molar-refractivity contribution is 0.262. The molecular formula is C18H26N2O. The van der Waals surface area contributed by atoms with Crippen molar-refractivity contribution >= 4 is 11.0 Å². The third-order valence-corrected chi connectivity index (χ3v) is 4.83. The summed E-state index contributed by atoms with van der Waals surface area (Å²) in [6, 6.07) is 10.7. The first-order valence-corrected chi connectivity index (χ1v) is 8.05. The molecule has 2 unspecified atom stereocenters. The molecule has 1 aromatic heterocycles. The van der Waals surface area contributed by atoms with Gasteiger partial charge in [0.05, 0.1) is 6.04 Å². The van der Waals surface area contributed by atoms with Gasteiger partial charge in [-0.2, -0.15) is 0 Å². The molecule has 1 N–H and O–H groups in total. The van der Waals surface area contributed by atoms with E-state index in [0.29, 0.717) is 0 Å². The first kappa shape index (κ1) is 14.6. The van der Waals surface area contributed by atoms with Gasteiger partial charge in [0, 0.05) is 18.5 Å². The fraction of sp³-hybridized carbons (Fsp3) is 0.556. The molecule has 0 bridgehead atoms. The van der Waals surface area contributed by atoms with Crippen molar-refractivity contribution in [3.05, 3.63) is 36.1 Å². The summed E-state index contributed by atoms with van der Waals surface area (Å²) in [4.78, 5) is 2.57. The maximum Gasteiger partial charge on any atom is 0.134 e. The van der Waals surface area contributed by atoms with Crippen molar-refractivity contribution in [3.8, 4) is 0 Å². The Hall–Kier alpha value is -1.32. The van der Waals surface area contributed by atoms with Crippen LogP contribution in [-0.4, -0.2) is 31.6 Å². The summed E-state index contributed by atoms with van der Waals surface area (Å²) in [5, 5.41) is 4.60. The highest BCUT2D eigenvalue weighted by Gasteiger charge is 2.27. The van der Waals surface area contributed by atoms with Crippen molar-refractivity contribution < 1.29 is 4.42 Å². The van der Waals surface area contributed by atoms with E-state index in [9.17, 15) is 0 Å². The minimum atomic E-state index is 0.267. The van der Waals surface area contributed by atoms with Gasteiger partial charge < -0.3 is 14.6 Å². The summed E-state index contributed by atoms with van der Waals surface area (Å²) in [6.07, 6.45) is 1.33. The van der Waals surface area contributed by atoms with E-state index >= 15 is 0 Å². The molecule has 0 radical (unpaired) electrons. The Kier molecular flexibility index (Phi) is 4.32. The third kappa shape index (κ3) is 3.14. The smallest absolute Gasteiger partial charge is 0.134 e. The van der Waals surface area contributed by atoms with Crippen molar-refractivity contribution in [1.29, 1.82) is 0 Å². The second-order valence-corrected chi connectivity index (χ2v) is 6.58. The number of nitrogens with zero attached hydrogens (tertiary/aromatic N) is 1. The minimum absolute atomic E-state index is 0.267. The van der Waals surface area contributed by atoms with Crippen LogP contribution in [0, 0.1) is 11.8 Å². The number of fused-ring (bicyclic) bond motifs is 1. The van der Waals surface area contributed by atoms with E-state index in [1.54, 1.807) is 0 Å². The largest absolute Gasteiger partial charge is 0.459 e. The number of para-hydroxylation sites is 1. The van der Waals surface area contributed by atoms with Crippen LogP contribution < -0.4 is 5.32 Å². The first-order chi connectivity index (χ1) is 10.2. The predicted octanol–water partition coefficient (Wildman–Crippen LogP) is 3.67. The van der Waals surface area contributed by atoms with Crippen molar-refractivity contribution in [1.82, 2.24) is 10.2 Å². The van der Waals surface area contributed by atoms with E-state index in [2.05, 4.69) is 42.3 Å². The Morgan fingerprint density at radius 2 is 2.14 bits per heavy atom. The Morgan fingerprint density at radius 1 is 1.33 bits per heavy atom. The Labute approximate surface area is 127 Å². The van der Waals surface area contributed by atoms with Gasteiger partial charge >= 0.3 is 0 Å². The van der Waals surface area contributed by atoms with Gasteiger partial charge in [0.25, 0.3) is 0 Å². The number of likely N-dealkylation sites (N-methyl/N-ethyl adjacent to an activating group) is 1. The second-order valence-electron chi connectivity index (χ2n) is 6.58. The average molecular weight is 286 g/mol. The zero-order chi connectivity index (χ0) is 14.8. The highest BCUT2D eigenvalue weighted by molar-refractivity contribution is 5.77. The van der Waals surface area contributed by atoms with Crippen LogP contribution in [-0.2, 0) is 0 Å². The molecule has 3 nitrogen and oxygen atoms in total. The van der Waals surface area contributed by atoms with Crippen molar-refractivity contribution in [2.24, 2.45) is 11.8 Å². The molecule has 2 aromatic rings. The molecular weight excluding hydrogens is 260 g/mol. The summed E-state index contributed by atoms with van der Waals surface area (Å²) < 4.78 is 6.02. The van der Waals surface area contributed by atoms with E-state index in [1.165, 1.54) is 24.9 Å². The second kappa shape index (κ2) is 6.20. The molecule has 2 atom stereocenters. The third-order valence-electron chi connectivity index (χ3n) is 4.83. The Morgan fingerprint density at radius 3 is 2.81 bits per heavy atom. The van der Waals surface area contributed by atoms with Gasteiger partial charge in [-0.1, -0.05) is 32.0 Å². The van der Waals surface area contributed by atoms with E-state index < -0.39 is 0 Å². The maximum atomic E-state index is 6.02. The Bertz CT molecular complexity index is 557. The molecule has 0 saturated carbocycles. The molecule has 0 aliphatic carbocycles. The molecule has 114 valence electrons. The van der Waals surface area contributed by atoms with E-state index in [-0.39, 0.29) is 6.04 Å².